The summed E-state index contributed by atoms with van der Waals surface area (Å²) in [5.41, 5.74) is 0.900. The second kappa shape index (κ2) is 5.59. The first-order valence-corrected chi connectivity index (χ1v) is 6.09. The minimum atomic E-state index is -4.77. The van der Waals surface area contributed by atoms with Gasteiger partial charge in [-0.1, -0.05) is 18.2 Å². The van der Waals surface area contributed by atoms with Crippen LogP contribution in [0.4, 0.5) is 13.2 Å². The second-order valence-corrected chi connectivity index (χ2v) is 4.53. The molecule has 4 nitrogen and oxygen atoms in total. The van der Waals surface area contributed by atoms with Gasteiger partial charge in [0.15, 0.2) is 0 Å². The van der Waals surface area contributed by atoms with Crippen molar-refractivity contribution in [3.8, 4) is 5.75 Å². The number of rotatable bonds is 4. The van der Waals surface area contributed by atoms with Gasteiger partial charge in [0.05, 0.1) is 6.42 Å². The van der Waals surface area contributed by atoms with Crippen LogP contribution in [0, 0.1) is 6.92 Å². The molecule has 1 aromatic carbocycles. The van der Waals surface area contributed by atoms with Gasteiger partial charge in [-0.2, -0.15) is 13.2 Å². The van der Waals surface area contributed by atoms with Gasteiger partial charge in [0.25, 0.3) is 0 Å². The maximum absolute atomic E-state index is 12.8. The average molecular weight is 299 g/mol. The summed E-state index contributed by atoms with van der Waals surface area (Å²) in [6.07, 6.45) is -8.35. The number of aryl methyl sites for hydroxylation is 1. The number of carboxylic acid groups (broad SMARTS) is 1. The van der Waals surface area contributed by atoms with Gasteiger partial charge in [-0.3, -0.25) is 4.79 Å². The van der Waals surface area contributed by atoms with Gasteiger partial charge >= 0.3 is 12.1 Å². The van der Waals surface area contributed by atoms with E-state index in [4.69, 9.17) is 9.84 Å². The molecule has 1 aromatic heterocycles. The van der Waals surface area contributed by atoms with E-state index in [1.165, 1.54) is 12.1 Å². The highest BCUT2D eigenvalue weighted by atomic mass is 19.4. The molecule has 0 radical (unpaired) electrons. The predicted molar refractivity (Wildman–Crippen MR) is 69.2 cm³/mol. The molecule has 0 saturated carbocycles. The highest BCUT2D eigenvalue weighted by Crippen LogP contribution is 2.31. The summed E-state index contributed by atoms with van der Waals surface area (Å²) < 4.78 is 43.4. The van der Waals surface area contributed by atoms with Gasteiger partial charge in [0.2, 0.25) is 6.10 Å². The van der Waals surface area contributed by atoms with E-state index >= 15 is 0 Å². The monoisotopic (exact) mass is 299 g/mol. The quantitative estimate of drug-likeness (QED) is 0.940. The fourth-order valence-corrected chi connectivity index (χ4v) is 1.85. The molecule has 0 spiro atoms. The number of carbonyl (C=O) groups is 1. The van der Waals surface area contributed by atoms with Crippen LogP contribution in [0.2, 0.25) is 0 Å². The third kappa shape index (κ3) is 3.62. The number of aromatic nitrogens is 1. The fourth-order valence-electron chi connectivity index (χ4n) is 1.85. The summed E-state index contributed by atoms with van der Waals surface area (Å²) in [6, 6.07) is 8.00. The number of pyridine rings is 1. The third-order valence-corrected chi connectivity index (χ3v) is 2.82. The molecule has 2 aromatic rings. The Morgan fingerprint density at radius 2 is 2.05 bits per heavy atom. The molecule has 0 aliphatic rings. The van der Waals surface area contributed by atoms with Crippen molar-refractivity contribution in [1.82, 2.24) is 4.98 Å². The Labute approximate surface area is 118 Å². The van der Waals surface area contributed by atoms with E-state index in [0.717, 1.165) is 0 Å². The number of halogens is 3. The third-order valence-electron chi connectivity index (χ3n) is 2.82. The van der Waals surface area contributed by atoms with Crippen LogP contribution in [0.25, 0.3) is 10.9 Å². The number of fused-ring (bicyclic) bond motifs is 1. The Hall–Kier alpha value is -2.31. The lowest BCUT2D eigenvalue weighted by atomic mass is 10.2. The molecule has 1 unspecified atom stereocenters. The lowest BCUT2D eigenvalue weighted by Crippen LogP contribution is -2.36. The Bertz CT molecular complexity index is 670. The average Bonchev–Trinajstić information content (AvgIpc) is 2.37. The Balaban J connectivity index is 2.41. The van der Waals surface area contributed by atoms with E-state index in [2.05, 4.69) is 4.98 Å². The molecule has 0 saturated heterocycles. The maximum atomic E-state index is 12.8. The van der Waals surface area contributed by atoms with Crippen molar-refractivity contribution in [2.75, 3.05) is 0 Å². The van der Waals surface area contributed by atoms with Crippen LogP contribution in [0.3, 0.4) is 0 Å². The Morgan fingerprint density at radius 3 is 2.67 bits per heavy atom. The van der Waals surface area contributed by atoms with Crippen molar-refractivity contribution in [3.63, 3.8) is 0 Å². The van der Waals surface area contributed by atoms with Gasteiger partial charge < -0.3 is 9.84 Å². The predicted octanol–water partition coefficient (Wildman–Crippen LogP) is 3.33. The molecule has 0 amide bonds. The summed E-state index contributed by atoms with van der Waals surface area (Å²) in [6.45, 7) is 1.70. The molecule has 7 heteroatoms. The molecule has 0 aliphatic heterocycles. The number of benzene rings is 1. The fraction of sp³-hybridized carbons (Fsp3) is 0.286. The number of nitrogens with zero attached hydrogens (tertiary/aromatic N) is 1. The largest absolute Gasteiger partial charge is 0.481 e. The summed E-state index contributed by atoms with van der Waals surface area (Å²) in [4.78, 5) is 14.7. The smallest absolute Gasteiger partial charge is 0.426 e. The standard InChI is InChI=1S/C14H12F3NO3/c1-8-5-6-9-3-2-4-10(13(9)18-8)21-11(7-12(19)20)14(15,16)17/h2-6,11H,7H2,1H3,(H,19,20). The van der Waals surface area contributed by atoms with Crippen molar-refractivity contribution in [3.05, 3.63) is 36.0 Å². The Kier molecular flexibility index (Phi) is 4.02. The summed E-state index contributed by atoms with van der Waals surface area (Å²) >= 11 is 0. The summed E-state index contributed by atoms with van der Waals surface area (Å²) in [7, 11) is 0. The number of hydrogen-bond acceptors (Lipinski definition) is 3. The van der Waals surface area contributed by atoms with Gasteiger partial charge in [0.1, 0.15) is 11.3 Å². The zero-order valence-electron chi connectivity index (χ0n) is 11.0. The van der Waals surface area contributed by atoms with Crippen molar-refractivity contribution >= 4 is 16.9 Å². The lowest BCUT2D eigenvalue weighted by molar-refractivity contribution is -0.200. The zero-order chi connectivity index (χ0) is 15.6. The minimum Gasteiger partial charge on any atom is -0.481 e. The van der Waals surface area contributed by atoms with E-state index in [1.54, 1.807) is 25.1 Å². The molecule has 0 aliphatic carbocycles. The second-order valence-electron chi connectivity index (χ2n) is 4.53. The molecular weight excluding hydrogens is 287 g/mol. The molecule has 0 bridgehead atoms. The van der Waals surface area contributed by atoms with E-state index in [0.29, 0.717) is 11.1 Å². The first kappa shape index (κ1) is 15.1. The van der Waals surface area contributed by atoms with Crippen LogP contribution in [0.15, 0.2) is 30.3 Å². The number of alkyl halides is 3. The molecule has 0 fully saturated rings. The number of ether oxygens (including phenoxy) is 1. The van der Waals surface area contributed by atoms with Crippen molar-refractivity contribution in [2.45, 2.75) is 25.6 Å². The van der Waals surface area contributed by atoms with Gasteiger partial charge in [0, 0.05) is 11.1 Å². The first-order valence-electron chi connectivity index (χ1n) is 6.09. The van der Waals surface area contributed by atoms with Crippen molar-refractivity contribution < 1.29 is 27.8 Å². The highest BCUT2D eigenvalue weighted by molar-refractivity contribution is 5.84. The molecule has 1 heterocycles. The molecule has 21 heavy (non-hydrogen) atoms. The first-order chi connectivity index (χ1) is 9.77. The van der Waals surface area contributed by atoms with Gasteiger partial charge in [-0.05, 0) is 19.1 Å². The molecule has 2 rings (SSSR count). The van der Waals surface area contributed by atoms with Crippen molar-refractivity contribution in [1.29, 1.82) is 0 Å². The molecule has 1 N–H and O–H groups in total. The molecular formula is C14H12F3NO3. The lowest BCUT2D eigenvalue weighted by Gasteiger charge is -2.21. The van der Waals surface area contributed by atoms with Crippen LogP contribution in [-0.2, 0) is 4.79 Å². The van der Waals surface area contributed by atoms with E-state index in [9.17, 15) is 18.0 Å². The van der Waals surface area contributed by atoms with E-state index < -0.39 is 24.7 Å². The zero-order valence-corrected chi connectivity index (χ0v) is 11.0. The number of para-hydroxylation sites is 1. The van der Waals surface area contributed by atoms with Crippen LogP contribution in [0.1, 0.15) is 12.1 Å². The molecule has 112 valence electrons. The van der Waals surface area contributed by atoms with E-state index in [1.807, 2.05) is 0 Å². The SMILES string of the molecule is Cc1ccc2cccc(OC(CC(=O)O)C(F)(F)F)c2n1. The topological polar surface area (TPSA) is 59.4 Å². The van der Waals surface area contributed by atoms with Crippen LogP contribution in [0.5, 0.6) is 5.75 Å². The van der Waals surface area contributed by atoms with Gasteiger partial charge in [-0.15, -0.1) is 0 Å². The molecule has 1 atom stereocenters. The Morgan fingerprint density at radius 1 is 1.33 bits per heavy atom. The van der Waals surface area contributed by atoms with Gasteiger partial charge in [-0.25, -0.2) is 4.98 Å². The van der Waals surface area contributed by atoms with Crippen LogP contribution < -0.4 is 4.74 Å². The number of aliphatic carboxylic acids is 1. The van der Waals surface area contributed by atoms with Crippen molar-refractivity contribution in [2.24, 2.45) is 0 Å². The summed E-state index contributed by atoms with van der Waals surface area (Å²) in [5.74, 6) is -1.67. The maximum Gasteiger partial charge on any atom is 0.426 e. The number of carboxylic acids is 1. The number of hydrogen-bond donors (Lipinski definition) is 1. The van der Waals surface area contributed by atoms with Crippen LogP contribution >= 0.6 is 0 Å². The normalized spacial score (nSPS) is 13.1. The van der Waals surface area contributed by atoms with Crippen LogP contribution in [-0.4, -0.2) is 28.3 Å². The minimum absolute atomic E-state index is 0.0835. The highest BCUT2D eigenvalue weighted by Gasteiger charge is 2.43. The van der Waals surface area contributed by atoms with E-state index in [-0.39, 0.29) is 11.3 Å². The summed E-state index contributed by atoms with van der Waals surface area (Å²) in [5, 5.41) is 9.21.